The molecule has 0 aliphatic heterocycles. The van der Waals surface area contributed by atoms with E-state index in [2.05, 4.69) is 5.32 Å². The minimum atomic E-state index is -4.25. The molecule has 0 spiro atoms. The SMILES string of the molecule is CCC(C)C(N)C(=O)O.CCNC(C)Cc1cccc(C(F)(F)F)c1.Cl. The molecule has 1 aromatic carbocycles. The van der Waals surface area contributed by atoms with Crippen molar-refractivity contribution >= 4 is 18.4 Å². The van der Waals surface area contributed by atoms with E-state index in [1.165, 1.54) is 12.1 Å². The maximum atomic E-state index is 12.4. The highest BCUT2D eigenvalue weighted by molar-refractivity contribution is 5.85. The fourth-order valence-corrected chi connectivity index (χ4v) is 2.15. The van der Waals surface area contributed by atoms with Gasteiger partial charge in [0.1, 0.15) is 6.04 Å². The Balaban J connectivity index is 0. The van der Waals surface area contributed by atoms with Gasteiger partial charge >= 0.3 is 12.1 Å². The van der Waals surface area contributed by atoms with Crippen molar-refractivity contribution in [3.05, 3.63) is 35.4 Å². The van der Waals surface area contributed by atoms with Gasteiger partial charge in [0.25, 0.3) is 0 Å². The standard InChI is InChI=1S/C12H16F3N.C6H13NO2.ClH/c1-3-16-9(2)7-10-5-4-6-11(8-10)12(13,14)15;1-3-4(2)5(7)6(8)9;/h4-6,8-9,16H,3,7H2,1-2H3;4-5H,3,7H2,1-2H3,(H,8,9);1H. The van der Waals surface area contributed by atoms with E-state index in [0.717, 1.165) is 19.0 Å². The molecule has 0 aromatic heterocycles. The normalized spacial score (nSPS) is 14.3. The Hall–Kier alpha value is -1.31. The second-order valence-electron chi connectivity index (χ2n) is 6.11. The molecular weight excluding hydrogens is 369 g/mol. The number of nitrogens with one attached hydrogen (secondary N) is 1. The molecule has 0 saturated carbocycles. The van der Waals surface area contributed by atoms with E-state index < -0.39 is 23.8 Å². The summed E-state index contributed by atoms with van der Waals surface area (Å²) in [4.78, 5) is 10.2. The molecule has 0 fully saturated rings. The lowest BCUT2D eigenvalue weighted by atomic mass is 10.0. The molecule has 152 valence electrons. The molecule has 0 saturated heterocycles. The zero-order chi connectivity index (χ0) is 19.6. The first-order chi connectivity index (χ1) is 11.5. The van der Waals surface area contributed by atoms with E-state index in [1.807, 2.05) is 27.7 Å². The van der Waals surface area contributed by atoms with Gasteiger partial charge in [-0.05, 0) is 37.4 Å². The molecule has 4 nitrogen and oxygen atoms in total. The Labute approximate surface area is 159 Å². The quantitative estimate of drug-likeness (QED) is 0.646. The molecule has 8 heteroatoms. The molecular formula is C18H30ClF3N2O2. The summed E-state index contributed by atoms with van der Waals surface area (Å²) < 4.78 is 37.3. The van der Waals surface area contributed by atoms with Crippen molar-refractivity contribution in [2.45, 2.75) is 58.8 Å². The Morgan fingerprint density at radius 3 is 2.23 bits per heavy atom. The van der Waals surface area contributed by atoms with E-state index >= 15 is 0 Å². The van der Waals surface area contributed by atoms with E-state index in [0.29, 0.717) is 12.0 Å². The van der Waals surface area contributed by atoms with Gasteiger partial charge in [0.2, 0.25) is 0 Å². The van der Waals surface area contributed by atoms with Crippen molar-refractivity contribution in [1.29, 1.82) is 0 Å². The van der Waals surface area contributed by atoms with Gasteiger partial charge < -0.3 is 16.2 Å². The molecule has 3 atom stereocenters. The minimum Gasteiger partial charge on any atom is -0.480 e. The number of benzene rings is 1. The summed E-state index contributed by atoms with van der Waals surface area (Å²) in [6, 6.07) is 4.98. The van der Waals surface area contributed by atoms with Crippen LogP contribution in [0.1, 0.15) is 45.2 Å². The third-order valence-electron chi connectivity index (χ3n) is 3.89. The van der Waals surface area contributed by atoms with Crippen LogP contribution in [0.3, 0.4) is 0 Å². The van der Waals surface area contributed by atoms with E-state index in [4.69, 9.17) is 10.8 Å². The van der Waals surface area contributed by atoms with Crippen LogP contribution in [0.15, 0.2) is 24.3 Å². The number of hydrogen-bond donors (Lipinski definition) is 3. The lowest BCUT2D eigenvalue weighted by Gasteiger charge is -2.13. The highest BCUT2D eigenvalue weighted by Crippen LogP contribution is 2.29. The van der Waals surface area contributed by atoms with Crippen LogP contribution in [0.2, 0.25) is 0 Å². The summed E-state index contributed by atoms with van der Waals surface area (Å²) >= 11 is 0. The van der Waals surface area contributed by atoms with Crippen LogP contribution in [0.5, 0.6) is 0 Å². The number of carboxylic acids is 1. The number of alkyl halides is 3. The van der Waals surface area contributed by atoms with Crippen molar-refractivity contribution in [2.24, 2.45) is 11.7 Å². The second-order valence-corrected chi connectivity index (χ2v) is 6.11. The van der Waals surface area contributed by atoms with E-state index in [9.17, 15) is 18.0 Å². The van der Waals surface area contributed by atoms with Crippen LogP contribution in [0.4, 0.5) is 13.2 Å². The average molecular weight is 399 g/mol. The zero-order valence-electron chi connectivity index (χ0n) is 15.6. The zero-order valence-corrected chi connectivity index (χ0v) is 16.5. The van der Waals surface area contributed by atoms with Gasteiger partial charge in [-0.1, -0.05) is 45.4 Å². The number of nitrogens with two attached hydrogens (primary N) is 1. The van der Waals surface area contributed by atoms with Crippen LogP contribution in [0, 0.1) is 5.92 Å². The van der Waals surface area contributed by atoms with E-state index in [-0.39, 0.29) is 24.4 Å². The first kappa shape index (κ1) is 26.9. The van der Waals surface area contributed by atoms with Gasteiger partial charge in [0, 0.05) is 6.04 Å². The number of likely N-dealkylation sites (N-methyl/N-ethyl adjacent to an activating group) is 1. The molecule has 1 rings (SSSR count). The highest BCUT2D eigenvalue weighted by Gasteiger charge is 2.30. The molecule has 0 aliphatic rings. The van der Waals surface area contributed by atoms with E-state index in [1.54, 1.807) is 6.07 Å². The molecule has 0 heterocycles. The molecule has 1 aromatic rings. The largest absolute Gasteiger partial charge is 0.480 e. The average Bonchev–Trinajstić information content (AvgIpc) is 2.53. The van der Waals surface area contributed by atoms with Gasteiger partial charge in [0.05, 0.1) is 5.56 Å². The van der Waals surface area contributed by atoms with Crippen LogP contribution in [-0.4, -0.2) is 29.7 Å². The molecule has 26 heavy (non-hydrogen) atoms. The van der Waals surface area contributed by atoms with Gasteiger partial charge in [0.15, 0.2) is 0 Å². The molecule has 4 N–H and O–H groups in total. The van der Waals surface area contributed by atoms with Crippen LogP contribution < -0.4 is 11.1 Å². The number of hydrogen-bond acceptors (Lipinski definition) is 3. The van der Waals surface area contributed by atoms with Crippen LogP contribution >= 0.6 is 12.4 Å². The Bertz CT molecular complexity index is 527. The smallest absolute Gasteiger partial charge is 0.416 e. The molecule has 0 aliphatic carbocycles. The third kappa shape index (κ3) is 10.6. The van der Waals surface area contributed by atoms with Crippen LogP contribution in [-0.2, 0) is 17.4 Å². The summed E-state index contributed by atoms with van der Waals surface area (Å²) in [5.74, 6) is -0.841. The van der Waals surface area contributed by atoms with Crippen molar-refractivity contribution < 1.29 is 23.1 Å². The van der Waals surface area contributed by atoms with Crippen molar-refractivity contribution in [2.75, 3.05) is 6.54 Å². The third-order valence-corrected chi connectivity index (χ3v) is 3.89. The van der Waals surface area contributed by atoms with Gasteiger partial charge in [-0.3, -0.25) is 4.79 Å². The topological polar surface area (TPSA) is 75.4 Å². The maximum Gasteiger partial charge on any atom is 0.416 e. The van der Waals surface area contributed by atoms with Gasteiger partial charge in [-0.15, -0.1) is 12.4 Å². The number of carbonyl (C=O) groups is 1. The first-order valence-corrected chi connectivity index (χ1v) is 8.40. The summed E-state index contributed by atoms with van der Waals surface area (Å²) in [6.45, 7) is 8.51. The minimum absolute atomic E-state index is 0. The number of aliphatic carboxylic acids is 1. The van der Waals surface area contributed by atoms with Crippen molar-refractivity contribution in [3.63, 3.8) is 0 Å². The predicted octanol–water partition coefficient (Wildman–Crippen LogP) is 4.11. The fourth-order valence-electron chi connectivity index (χ4n) is 2.15. The summed E-state index contributed by atoms with van der Waals surface area (Å²) in [6.07, 6.45) is -2.83. The van der Waals surface area contributed by atoms with Crippen LogP contribution in [0.25, 0.3) is 0 Å². The molecule has 0 amide bonds. The van der Waals surface area contributed by atoms with Crippen molar-refractivity contribution in [1.82, 2.24) is 5.32 Å². The Morgan fingerprint density at radius 1 is 1.27 bits per heavy atom. The lowest BCUT2D eigenvalue weighted by Crippen LogP contribution is -2.36. The number of rotatable bonds is 7. The van der Waals surface area contributed by atoms with Crippen molar-refractivity contribution in [3.8, 4) is 0 Å². The molecule has 0 radical (unpaired) electrons. The fraction of sp³-hybridized carbons (Fsp3) is 0.611. The first-order valence-electron chi connectivity index (χ1n) is 8.40. The summed E-state index contributed by atoms with van der Waals surface area (Å²) in [5, 5.41) is 11.5. The second kappa shape index (κ2) is 12.9. The van der Waals surface area contributed by atoms with Gasteiger partial charge in [-0.25, -0.2) is 0 Å². The molecule has 0 bridgehead atoms. The number of carboxylic acid groups (broad SMARTS) is 1. The Morgan fingerprint density at radius 2 is 1.85 bits per heavy atom. The summed E-state index contributed by atoms with van der Waals surface area (Å²) in [7, 11) is 0. The molecule has 3 unspecified atom stereocenters. The maximum absolute atomic E-state index is 12.4. The van der Waals surface area contributed by atoms with Gasteiger partial charge in [-0.2, -0.15) is 13.2 Å². The monoisotopic (exact) mass is 398 g/mol. The summed E-state index contributed by atoms with van der Waals surface area (Å²) in [5.41, 5.74) is 5.41. The number of halogens is 4. The predicted molar refractivity (Wildman–Crippen MR) is 101 cm³/mol. The highest BCUT2D eigenvalue weighted by atomic mass is 35.5. The Kier molecular flexibility index (Phi) is 13.4. The lowest BCUT2D eigenvalue weighted by molar-refractivity contribution is -0.140.